The summed E-state index contributed by atoms with van der Waals surface area (Å²) in [6.45, 7) is 2.48. The lowest BCUT2D eigenvalue weighted by Crippen LogP contribution is -2.35. The van der Waals surface area contributed by atoms with Gasteiger partial charge in [0.05, 0.1) is 6.10 Å². The van der Waals surface area contributed by atoms with Crippen molar-refractivity contribution >= 4 is 6.09 Å². The van der Waals surface area contributed by atoms with Crippen molar-refractivity contribution in [3.63, 3.8) is 0 Å². The molecule has 0 aromatic heterocycles. The molecule has 0 saturated carbocycles. The highest BCUT2D eigenvalue weighted by molar-refractivity contribution is 5.79. The third kappa shape index (κ3) is 3.15. The lowest BCUT2D eigenvalue weighted by Gasteiger charge is -2.21. The molecular formula is C20H23NO3. The van der Waals surface area contributed by atoms with E-state index in [4.69, 9.17) is 4.74 Å². The molecule has 0 radical (unpaired) electrons. The van der Waals surface area contributed by atoms with Crippen LogP contribution in [0.2, 0.25) is 0 Å². The average molecular weight is 325 g/mol. The van der Waals surface area contributed by atoms with Gasteiger partial charge in [0.25, 0.3) is 0 Å². The molecule has 0 fully saturated rings. The van der Waals surface area contributed by atoms with Crippen LogP contribution in [-0.2, 0) is 4.74 Å². The molecule has 0 spiro atoms. The first-order valence-corrected chi connectivity index (χ1v) is 8.36. The van der Waals surface area contributed by atoms with Crippen molar-refractivity contribution in [3.8, 4) is 11.1 Å². The van der Waals surface area contributed by atoms with Crippen LogP contribution in [0.1, 0.15) is 30.4 Å². The zero-order valence-corrected chi connectivity index (χ0v) is 14.1. The van der Waals surface area contributed by atoms with Gasteiger partial charge in [-0.3, -0.25) is 0 Å². The summed E-state index contributed by atoms with van der Waals surface area (Å²) in [5.41, 5.74) is 4.82. The van der Waals surface area contributed by atoms with Crippen molar-refractivity contribution in [2.45, 2.75) is 25.4 Å². The summed E-state index contributed by atoms with van der Waals surface area (Å²) in [6.07, 6.45) is -0.305. The predicted molar refractivity (Wildman–Crippen MR) is 94.0 cm³/mol. The van der Waals surface area contributed by atoms with E-state index in [0.29, 0.717) is 13.0 Å². The fourth-order valence-electron chi connectivity index (χ4n) is 3.22. The number of aliphatic hydroxyl groups excluding tert-OH is 1. The van der Waals surface area contributed by atoms with Gasteiger partial charge in [0.2, 0.25) is 0 Å². The Morgan fingerprint density at radius 2 is 1.67 bits per heavy atom. The second kappa shape index (κ2) is 7.05. The molecule has 1 amide bonds. The van der Waals surface area contributed by atoms with Crippen LogP contribution in [0.3, 0.4) is 0 Å². The van der Waals surface area contributed by atoms with Gasteiger partial charge in [0, 0.05) is 19.5 Å². The summed E-state index contributed by atoms with van der Waals surface area (Å²) in [6, 6.07) is 16.5. The Balaban J connectivity index is 1.73. The third-order valence-electron chi connectivity index (χ3n) is 4.60. The zero-order valence-electron chi connectivity index (χ0n) is 14.1. The molecule has 2 aromatic carbocycles. The molecule has 0 heterocycles. The normalized spacial score (nSPS) is 14.0. The molecule has 126 valence electrons. The quantitative estimate of drug-likeness (QED) is 0.913. The standard InChI is InChI=1S/C20H23NO3/c1-3-14(22)12-21(2)20(23)24-13-19-17-10-6-4-8-15(17)16-9-5-7-11-18(16)19/h4-11,14,19,22H,3,12-13H2,1-2H3. The molecule has 4 heteroatoms. The van der Waals surface area contributed by atoms with Crippen molar-refractivity contribution in [2.75, 3.05) is 20.2 Å². The van der Waals surface area contributed by atoms with Crippen LogP contribution in [0, 0.1) is 0 Å². The predicted octanol–water partition coefficient (Wildman–Crippen LogP) is 3.64. The maximum atomic E-state index is 12.2. The summed E-state index contributed by atoms with van der Waals surface area (Å²) < 4.78 is 5.52. The van der Waals surface area contributed by atoms with Gasteiger partial charge in [-0.2, -0.15) is 0 Å². The van der Waals surface area contributed by atoms with E-state index in [1.807, 2.05) is 31.2 Å². The Morgan fingerprint density at radius 3 is 2.21 bits per heavy atom. The smallest absolute Gasteiger partial charge is 0.409 e. The average Bonchev–Trinajstić information content (AvgIpc) is 2.93. The van der Waals surface area contributed by atoms with Crippen molar-refractivity contribution in [2.24, 2.45) is 0 Å². The first-order valence-electron chi connectivity index (χ1n) is 8.36. The number of fused-ring (bicyclic) bond motifs is 3. The molecule has 0 aliphatic heterocycles. The first-order chi connectivity index (χ1) is 11.6. The van der Waals surface area contributed by atoms with Crippen molar-refractivity contribution in [3.05, 3.63) is 59.7 Å². The van der Waals surface area contributed by atoms with Gasteiger partial charge in [-0.25, -0.2) is 4.79 Å². The van der Waals surface area contributed by atoms with E-state index in [1.54, 1.807) is 7.05 Å². The van der Waals surface area contributed by atoms with E-state index in [0.717, 1.165) is 0 Å². The second-order valence-electron chi connectivity index (χ2n) is 6.25. The van der Waals surface area contributed by atoms with Crippen LogP contribution in [0.15, 0.2) is 48.5 Å². The summed E-state index contributed by atoms with van der Waals surface area (Å²) >= 11 is 0. The second-order valence-corrected chi connectivity index (χ2v) is 6.25. The number of hydrogen-bond donors (Lipinski definition) is 1. The van der Waals surface area contributed by atoms with E-state index in [9.17, 15) is 9.90 Å². The largest absolute Gasteiger partial charge is 0.448 e. The third-order valence-corrected chi connectivity index (χ3v) is 4.60. The number of amides is 1. The Hall–Kier alpha value is -2.33. The fourth-order valence-corrected chi connectivity index (χ4v) is 3.22. The molecule has 1 atom stereocenters. The van der Waals surface area contributed by atoms with Gasteiger partial charge in [-0.1, -0.05) is 55.5 Å². The molecule has 1 N–H and O–H groups in total. The van der Waals surface area contributed by atoms with Gasteiger partial charge < -0.3 is 14.7 Å². The van der Waals surface area contributed by atoms with E-state index in [-0.39, 0.29) is 12.5 Å². The Bertz CT molecular complexity index is 683. The van der Waals surface area contributed by atoms with Crippen molar-refractivity contribution in [1.29, 1.82) is 0 Å². The van der Waals surface area contributed by atoms with Crippen LogP contribution in [0.5, 0.6) is 0 Å². The molecule has 0 bridgehead atoms. The summed E-state index contributed by atoms with van der Waals surface area (Å²) in [5, 5.41) is 9.67. The molecule has 4 nitrogen and oxygen atoms in total. The summed E-state index contributed by atoms with van der Waals surface area (Å²) in [5.74, 6) is 0.0610. The van der Waals surface area contributed by atoms with Gasteiger partial charge >= 0.3 is 6.09 Å². The number of carbonyl (C=O) groups is 1. The summed E-state index contributed by atoms with van der Waals surface area (Å²) in [4.78, 5) is 13.6. The molecule has 1 unspecified atom stereocenters. The van der Waals surface area contributed by atoms with Crippen LogP contribution >= 0.6 is 0 Å². The van der Waals surface area contributed by atoms with E-state index >= 15 is 0 Å². The molecule has 3 rings (SSSR count). The Labute approximate surface area is 142 Å². The number of rotatable bonds is 5. The number of hydrogen-bond acceptors (Lipinski definition) is 3. The van der Waals surface area contributed by atoms with E-state index in [2.05, 4.69) is 24.3 Å². The highest BCUT2D eigenvalue weighted by atomic mass is 16.6. The van der Waals surface area contributed by atoms with E-state index in [1.165, 1.54) is 27.2 Å². The molecule has 2 aromatic rings. The molecule has 0 saturated heterocycles. The van der Waals surface area contributed by atoms with Crippen LogP contribution in [-0.4, -0.2) is 42.4 Å². The van der Waals surface area contributed by atoms with Crippen molar-refractivity contribution < 1.29 is 14.6 Å². The zero-order chi connectivity index (χ0) is 17.1. The van der Waals surface area contributed by atoms with Gasteiger partial charge in [-0.15, -0.1) is 0 Å². The number of likely N-dealkylation sites (N-methyl/N-ethyl adjacent to an activating group) is 1. The number of carbonyl (C=O) groups excluding carboxylic acids is 1. The highest BCUT2D eigenvalue weighted by Gasteiger charge is 2.29. The van der Waals surface area contributed by atoms with Crippen molar-refractivity contribution in [1.82, 2.24) is 4.90 Å². The minimum atomic E-state index is -0.518. The Kier molecular flexibility index (Phi) is 4.86. The molecular weight excluding hydrogens is 302 g/mol. The topological polar surface area (TPSA) is 49.8 Å². The van der Waals surface area contributed by atoms with Gasteiger partial charge in [0.15, 0.2) is 0 Å². The van der Waals surface area contributed by atoms with Crippen LogP contribution < -0.4 is 0 Å². The fraction of sp³-hybridized carbons (Fsp3) is 0.350. The number of benzene rings is 2. The SMILES string of the molecule is CCC(O)CN(C)C(=O)OCC1c2ccccc2-c2ccccc21. The molecule has 1 aliphatic carbocycles. The number of nitrogens with zero attached hydrogens (tertiary/aromatic N) is 1. The monoisotopic (exact) mass is 325 g/mol. The highest BCUT2D eigenvalue weighted by Crippen LogP contribution is 2.44. The van der Waals surface area contributed by atoms with Crippen LogP contribution in [0.25, 0.3) is 11.1 Å². The van der Waals surface area contributed by atoms with Crippen LogP contribution in [0.4, 0.5) is 4.79 Å². The molecule has 24 heavy (non-hydrogen) atoms. The lowest BCUT2D eigenvalue weighted by molar-refractivity contribution is 0.0802. The first kappa shape index (κ1) is 16.5. The maximum absolute atomic E-state index is 12.2. The minimum absolute atomic E-state index is 0.0610. The summed E-state index contributed by atoms with van der Waals surface area (Å²) in [7, 11) is 1.65. The number of aliphatic hydroxyl groups is 1. The lowest BCUT2D eigenvalue weighted by atomic mass is 9.98. The molecule has 1 aliphatic rings. The van der Waals surface area contributed by atoms with Gasteiger partial charge in [-0.05, 0) is 28.7 Å². The number of ether oxygens (including phenoxy) is 1. The minimum Gasteiger partial charge on any atom is -0.448 e. The van der Waals surface area contributed by atoms with E-state index < -0.39 is 12.2 Å². The van der Waals surface area contributed by atoms with Gasteiger partial charge in [0.1, 0.15) is 6.61 Å². The maximum Gasteiger partial charge on any atom is 0.409 e. The Morgan fingerprint density at radius 1 is 1.12 bits per heavy atom.